The number of aromatic nitrogens is 2. The van der Waals surface area contributed by atoms with Gasteiger partial charge in [0.05, 0.1) is 15.9 Å². The fourth-order valence-electron chi connectivity index (χ4n) is 6.47. The number of nitrogens with zero attached hydrogens (tertiary/aromatic N) is 4. The van der Waals surface area contributed by atoms with Crippen molar-refractivity contribution in [3.05, 3.63) is 71.8 Å². The molecule has 39 heavy (non-hydrogen) atoms. The Bertz CT molecular complexity index is 1610. The number of aryl methyl sites for hydroxylation is 2. The van der Waals surface area contributed by atoms with E-state index >= 15 is 0 Å². The average Bonchev–Trinajstić information content (AvgIpc) is 3.56. The van der Waals surface area contributed by atoms with Crippen LogP contribution in [0.2, 0.25) is 0 Å². The molecule has 6 nitrogen and oxygen atoms in total. The molecule has 0 aliphatic carbocycles. The molecule has 0 spiro atoms. The zero-order valence-electron chi connectivity index (χ0n) is 23.6. The van der Waals surface area contributed by atoms with Gasteiger partial charge in [-0.1, -0.05) is 24.3 Å². The molecule has 6 rings (SSSR count). The van der Waals surface area contributed by atoms with Gasteiger partial charge in [-0.2, -0.15) is 0 Å². The van der Waals surface area contributed by atoms with Crippen LogP contribution in [-0.4, -0.2) is 66.2 Å². The summed E-state index contributed by atoms with van der Waals surface area (Å²) in [7, 11) is -1.21. The van der Waals surface area contributed by atoms with E-state index < -0.39 is 9.84 Å². The van der Waals surface area contributed by atoms with E-state index in [1.165, 1.54) is 49.1 Å². The van der Waals surface area contributed by atoms with Gasteiger partial charge < -0.3 is 9.47 Å². The molecule has 2 saturated heterocycles. The number of benzene rings is 3. The van der Waals surface area contributed by atoms with Crippen LogP contribution in [0.25, 0.3) is 33.5 Å². The fourth-order valence-corrected chi connectivity index (χ4v) is 7.10. The highest BCUT2D eigenvalue weighted by atomic mass is 32.2. The van der Waals surface area contributed by atoms with Gasteiger partial charge in [-0.3, -0.25) is 4.90 Å². The molecule has 204 valence electrons. The van der Waals surface area contributed by atoms with Gasteiger partial charge in [0, 0.05) is 57.6 Å². The molecule has 3 heterocycles. The molecule has 2 unspecified atom stereocenters. The first kappa shape index (κ1) is 26.2. The van der Waals surface area contributed by atoms with Crippen LogP contribution < -0.4 is 0 Å². The van der Waals surface area contributed by atoms with Crippen molar-refractivity contribution in [2.75, 3.05) is 32.4 Å². The third kappa shape index (κ3) is 5.04. The van der Waals surface area contributed by atoms with Gasteiger partial charge in [-0.15, -0.1) is 0 Å². The van der Waals surface area contributed by atoms with Crippen molar-refractivity contribution in [2.24, 2.45) is 18.9 Å². The van der Waals surface area contributed by atoms with Crippen LogP contribution in [0.15, 0.2) is 65.6 Å². The first-order chi connectivity index (χ1) is 18.6. The molecule has 1 aromatic heterocycles. The molecule has 4 aromatic rings. The monoisotopic (exact) mass is 542 g/mol. The molecular formula is C32H38N4O2S. The fraction of sp³-hybridized carbons (Fsp3) is 0.406. The van der Waals surface area contributed by atoms with Crippen LogP contribution in [-0.2, 0) is 23.4 Å². The summed E-state index contributed by atoms with van der Waals surface area (Å²) >= 11 is 0. The number of hydrogen-bond donors (Lipinski definition) is 0. The summed E-state index contributed by atoms with van der Waals surface area (Å²) in [6.07, 6.45) is 1.23. The van der Waals surface area contributed by atoms with E-state index in [-0.39, 0.29) is 0 Å². The smallest absolute Gasteiger partial charge is 0.175 e. The van der Waals surface area contributed by atoms with Crippen molar-refractivity contribution in [1.82, 2.24) is 19.4 Å². The van der Waals surface area contributed by atoms with Gasteiger partial charge in [-0.05, 0) is 91.3 Å². The topological polar surface area (TPSA) is 58.4 Å². The molecule has 0 amide bonds. The largest absolute Gasteiger partial charge is 0.327 e. The van der Waals surface area contributed by atoms with E-state index in [1.807, 2.05) is 19.2 Å². The molecule has 0 bridgehead atoms. The van der Waals surface area contributed by atoms with Gasteiger partial charge in [0.2, 0.25) is 0 Å². The van der Waals surface area contributed by atoms with Gasteiger partial charge >= 0.3 is 0 Å². The lowest BCUT2D eigenvalue weighted by Crippen LogP contribution is -2.32. The summed E-state index contributed by atoms with van der Waals surface area (Å²) in [5.74, 6) is 2.47. The molecule has 0 saturated carbocycles. The minimum absolute atomic E-state index is 0.317. The van der Waals surface area contributed by atoms with E-state index in [0.29, 0.717) is 10.9 Å². The average molecular weight is 543 g/mol. The van der Waals surface area contributed by atoms with Crippen molar-refractivity contribution in [1.29, 1.82) is 0 Å². The first-order valence-corrected chi connectivity index (χ1v) is 15.8. The summed E-state index contributed by atoms with van der Waals surface area (Å²) in [6, 6.07) is 21.1. The van der Waals surface area contributed by atoms with Crippen molar-refractivity contribution in [3.8, 4) is 22.5 Å². The third-order valence-electron chi connectivity index (χ3n) is 8.73. The third-order valence-corrected chi connectivity index (χ3v) is 9.86. The van der Waals surface area contributed by atoms with E-state index in [1.54, 1.807) is 12.1 Å². The summed E-state index contributed by atoms with van der Waals surface area (Å²) in [5.41, 5.74) is 7.81. The van der Waals surface area contributed by atoms with E-state index in [9.17, 15) is 8.42 Å². The maximum absolute atomic E-state index is 11.9. The Morgan fingerprint density at radius 1 is 0.872 bits per heavy atom. The molecule has 0 N–H and O–H groups in total. The lowest BCUT2D eigenvalue weighted by atomic mass is 10.0. The Morgan fingerprint density at radius 3 is 2.08 bits per heavy atom. The van der Waals surface area contributed by atoms with Crippen LogP contribution in [0.1, 0.15) is 25.0 Å². The summed E-state index contributed by atoms with van der Waals surface area (Å²) in [5, 5.41) is 0. The molecule has 2 aliphatic heterocycles. The van der Waals surface area contributed by atoms with Crippen LogP contribution in [0.3, 0.4) is 0 Å². The van der Waals surface area contributed by atoms with Gasteiger partial charge in [-0.25, -0.2) is 13.4 Å². The number of sulfone groups is 1. The lowest BCUT2D eigenvalue weighted by Gasteiger charge is -2.24. The van der Waals surface area contributed by atoms with E-state index in [0.717, 1.165) is 46.4 Å². The Morgan fingerprint density at radius 2 is 1.49 bits per heavy atom. The standard InChI is InChI=1S/C32H38N4O2S/c1-21(2)36-19-27-17-35(18-28(27)20-36)16-23-6-8-24(9-7-23)26-14-22(3)31-30(15-26)34(4)32(33-31)25-10-12-29(13-11-25)39(5,37)38/h6-15,21,27-28H,16-20H2,1-5H3. The summed E-state index contributed by atoms with van der Waals surface area (Å²) in [4.78, 5) is 10.5. The highest BCUT2D eigenvalue weighted by Gasteiger charge is 2.40. The molecule has 0 radical (unpaired) electrons. The maximum Gasteiger partial charge on any atom is 0.175 e. The molecule has 2 atom stereocenters. The van der Waals surface area contributed by atoms with Crippen molar-refractivity contribution in [3.63, 3.8) is 0 Å². The number of rotatable bonds is 6. The second-order valence-electron chi connectivity index (χ2n) is 11.9. The summed E-state index contributed by atoms with van der Waals surface area (Å²) < 4.78 is 25.8. The lowest BCUT2D eigenvalue weighted by molar-refractivity contribution is 0.220. The Hall–Kier alpha value is -3.00. The van der Waals surface area contributed by atoms with Crippen molar-refractivity contribution in [2.45, 2.75) is 38.3 Å². The molecule has 3 aromatic carbocycles. The minimum Gasteiger partial charge on any atom is -0.327 e. The summed E-state index contributed by atoms with van der Waals surface area (Å²) in [6.45, 7) is 12.7. The predicted molar refractivity (Wildman–Crippen MR) is 158 cm³/mol. The Labute approximate surface area is 232 Å². The second-order valence-corrected chi connectivity index (χ2v) is 13.9. The van der Waals surface area contributed by atoms with Gasteiger partial charge in [0.1, 0.15) is 5.82 Å². The van der Waals surface area contributed by atoms with Gasteiger partial charge in [0.25, 0.3) is 0 Å². The van der Waals surface area contributed by atoms with Crippen molar-refractivity contribution >= 4 is 20.9 Å². The normalized spacial score (nSPS) is 20.4. The molecular weight excluding hydrogens is 504 g/mol. The van der Waals surface area contributed by atoms with E-state index in [2.05, 4.69) is 71.5 Å². The predicted octanol–water partition coefficient (Wildman–Crippen LogP) is 5.39. The molecule has 7 heteroatoms. The van der Waals surface area contributed by atoms with Gasteiger partial charge in [0.15, 0.2) is 9.84 Å². The quantitative estimate of drug-likeness (QED) is 0.327. The first-order valence-electron chi connectivity index (χ1n) is 13.9. The van der Waals surface area contributed by atoms with E-state index in [4.69, 9.17) is 4.98 Å². The number of likely N-dealkylation sites (tertiary alicyclic amines) is 2. The number of imidazole rings is 1. The zero-order valence-corrected chi connectivity index (χ0v) is 24.4. The molecule has 2 fully saturated rings. The highest BCUT2D eigenvalue weighted by Crippen LogP contribution is 2.34. The van der Waals surface area contributed by atoms with Crippen LogP contribution in [0, 0.1) is 18.8 Å². The van der Waals surface area contributed by atoms with Crippen molar-refractivity contribution < 1.29 is 8.42 Å². The highest BCUT2D eigenvalue weighted by molar-refractivity contribution is 7.90. The number of fused-ring (bicyclic) bond motifs is 2. The Balaban J connectivity index is 1.20. The van der Waals surface area contributed by atoms with Crippen LogP contribution in [0.4, 0.5) is 0 Å². The SMILES string of the molecule is Cc1cc(-c2ccc(CN3CC4CN(C(C)C)CC4C3)cc2)cc2c1nc(-c1ccc(S(C)(=O)=O)cc1)n2C. The second kappa shape index (κ2) is 9.88. The minimum atomic E-state index is -3.23. The van der Waals surface area contributed by atoms with Crippen LogP contribution >= 0.6 is 0 Å². The zero-order chi connectivity index (χ0) is 27.5. The number of hydrogen-bond acceptors (Lipinski definition) is 5. The van der Waals surface area contributed by atoms with Crippen LogP contribution in [0.5, 0.6) is 0 Å². The maximum atomic E-state index is 11.9. The Kier molecular flexibility index (Phi) is 6.64. The molecule has 2 aliphatic rings.